The highest BCUT2D eigenvalue weighted by Crippen LogP contribution is 2.02. The smallest absolute Gasteiger partial charge is 0.110 e. The third kappa shape index (κ3) is 3.17. The molecule has 2 aromatic rings. The fourth-order valence-electron chi connectivity index (χ4n) is 1.83. The number of imidazole rings is 2. The predicted octanol–water partition coefficient (Wildman–Crippen LogP) is 0.749. The van der Waals surface area contributed by atoms with Crippen LogP contribution in [0.25, 0.3) is 0 Å². The highest BCUT2D eigenvalue weighted by atomic mass is 15.1. The second-order valence-corrected chi connectivity index (χ2v) is 4.49. The van der Waals surface area contributed by atoms with Crippen molar-refractivity contribution in [3.8, 4) is 0 Å². The Morgan fingerprint density at radius 3 is 2.88 bits per heavy atom. The maximum absolute atomic E-state index is 5.74. The summed E-state index contributed by atoms with van der Waals surface area (Å²) < 4.78 is 4.13. The molecule has 0 bridgehead atoms. The molecule has 0 aliphatic heterocycles. The molecule has 0 aliphatic rings. The van der Waals surface area contributed by atoms with E-state index in [0.29, 0.717) is 0 Å². The van der Waals surface area contributed by atoms with Crippen LogP contribution in [0.5, 0.6) is 0 Å². The van der Waals surface area contributed by atoms with Gasteiger partial charge in [-0.25, -0.2) is 9.97 Å². The fourth-order valence-corrected chi connectivity index (χ4v) is 1.83. The molecule has 2 heterocycles. The van der Waals surface area contributed by atoms with Gasteiger partial charge in [0.1, 0.15) is 5.82 Å². The summed E-state index contributed by atoms with van der Waals surface area (Å²) in [5.41, 5.74) is 6.80. The Hall–Kier alpha value is -1.62. The maximum atomic E-state index is 5.74. The lowest BCUT2D eigenvalue weighted by molar-refractivity contribution is 0.648. The first-order valence-electron chi connectivity index (χ1n) is 5.87. The summed E-state index contributed by atoms with van der Waals surface area (Å²) in [5, 5.41) is 0. The third-order valence-corrected chi connectivity index (χ3v) is 2.73. The first-order chi connectivity index (χ1) is 8.15. The molecule has 0 saturated heterocycles. The van der Waals surface area contributed by atoms with Gasteiger partial charge in [-0.2, -0.15) is 0 Å². The van der Waals surface area contributed by atoms with Crippen molar-refractivity contribution >= 4 is 0 Å². The molecule has 1 atom stereocenters. The molecule has 5 heteroatoms. The van der Waals surface area contributed by atoms with Crippen LogP contribution in [-0.2, 0) is 26.4 Å². The molecule has 1 unspecified atom stereocenters. The molecule has 0 aliphatic carbocycles. The molecular formula is C12H19N5. The number of nitrogens with zero attached hydrogens (tertiary/aromatic N) is 4. The van der Waals surface area contributed by atoms with Crippen LogP contribution in [0.3, 0.4) is 0 Å². The van der Waals surface area contributed by atoms with Gasteiger partial charge in [0.15, 0.2) is 0 Å². The van der Waals surface area contributed by atoms with Gasteiger partial charge in [0.05, 0.1) is 12.0 Å². The van der Waals surface area contributed by atoms with E-state index in [9.17, 15) is 0 Å². The average molecular weight is 233 g/mol. The Labute approximate surface area is 101 Å². The molecule has 0 radical (unpaired) electrons. The minimum absolute atomic E-state index is 0.160. The van der Waals surface area contributed by atoms with E-state index in [-0.39, 0.29) is 6.04 Å². The summed E-state index contributed by atoms with van der Waals surface area (Å²) in [4.78, 5) is 8.63. The summed E-state index contributed by atoms with van der Waals surface area (Å²) in [5.74, 6) is 1.09. The summed E-state index contributed by atoms with van der Waals surface area (Å²) in [6.07, 6.45) is 9.45. The second-order valence-electron chi connectivity index (χ2n) is 4.49. The molecule has 0 fully saturated rings. The Kier molecular flexibility index (Phi) is 3.58. The van der Waals surface area contributed by atoms with Crippen molar-refractivity contribution in [2.24, 2.45) is 12.8 Å². The van der Waals surface area contributed by atoms with E-state index in [1.165, 1.54) is 0 Å². The van der Waals surface area contributed by atoms with Gasteiger partial charge in [-0.05, 0) is 6.92 Å². The minimum Gasteiger partial charge on any atom is -0.338 e. The van der Waals surface area contributed by atoms with Gasteiger partial charge >= 0.3 is 0 Å². The van der Waals surface area contributed by atoms with E-state index < -0.39 is 0 Å². The zero-order valence-corrected chi connectivity index (χ0v) is 10.4. The van der Waals surface area contributed by atoms with Gasteiger partial charge in [0.25, 0.3) is 0 Å². The molecule has 0 saturated carbocycles. The van der Waals surface area contributed by atoms with E-state index in [0.717, 1.165) is 30.9 Å². The van der Waals surface area contributed by atoms with Crippen molar-refractivity contribution in [3.05, 3.63) is 36.4 Å². The van der Waals surface area contributed by atoms with Gasteiger partial charge in [0.2, 0.25) is 0 Å². The van der Waals surface area contributed by atoms with E-state index in [2.05, 4.69) is 20.7 Å². The van der Waals surface area contributed by atoms with Crippen LogP contribution in [0.15, 0.2) is 24.9 Å². The molecule has 2 N–H and O–H groups in total. The molecule has 5 nitrogen and oxygen atoms in total. The monoisotopic (exact) mass is 233 g/mol. The predicted molar refractivity (Wildman–Crippen MR) is 66.5 cm³/mol. The van der Waals surface area contributed by atoms with E-state index in [1.807, 2.05) is 37.3 Å². The quantitative estimate of drug-likeness (QED) is 0.829. The van der Waals surface area contributed by atoms with Crippen LogP contribution in [-0.4, -0.2) is 25.1 Å². The Balaban J connectivity index is 1.91. The zero-order chi connectivity index (χ0) is 12.3. The second kappa shape index (κ2) is 5.14. The maximum Gasteiger partial charge on any atom is 0.110 e. The average Bonchev–Trinajstić information content (AvgIpc) is 2.84. The molecule has 92 valence electrons. The van der Waals surface area contributed by atoms with Crippen molar-refractivity contribution in [1.29, 1.82) is 0 Å². The number of hydrogen-bond donors (Lipinski definition) is 1. The van der Waals surface area contributed by atoms with Crippen LogP contribution in [0.4, 0.5) is 0 Å². The largest absolute Gasteiger partial charge is 0.338 e. The van der Waals surface area contributed by atoms with Crippen molar-refractivity contribution in [1.82, 2.24) is 19.1 Å². The van der Waals surface area contributed by atoms with Crippen LogP contribution >= 0.6 is 0 Å². The SMILES string of the molecule is CC(N)Cc1cn(CCc2nccn2C)cn1. The Bertz CT molecular complexity index is 469. The molecule has 2 aromatic heterocycles. The zero-order valence-electron chi connectivity index (χ0n) is 10.4. The number of hydrogen-bond acceptors (Lipinski definition) is 3. The minimum atomic E-state index is 0.160. The van der Waals surface area contributed by atoms with E-state index >= 15 is 0 Å². The standard InChI is InChI=1S/C12H19N5/c1-10(13)7-11-8-17(9-15-11)5-3-12-14-4-6-16(12)2/h4,6,8-10H,3,5,7,13H2,1-2H3. The molecule has 17 heavy (non-hydrogen) atoms. The lowest BCUT2D eigenvalue weighted by atomic mass is 10.2. The fraction of sp³-hybridized carbons (Fsp3) is 0.500. The van der Waals surface area contributed by atoms with Crippen LogP contribution < -0.4 is 5.73 Å². The lowest BCUT2D eigenvalue weighted by Crippen LogP contribution is -2.17. The summed E-state index contributed by atoms with van der Waals surface area (Å²) in [6, 6.07) is 0.160. The molecular weight excluding hydrogens is 214 g/mol. The molecule has 0 amide bonds. The van der Waals surface area contributed by atoms with Crippen molar-refractivity contribution < 1.29 is 0 Å². The highest BCUT2D eigenvalue weighted by molar-refractivity contribution is 4.99. The van der Waals surface area contributed by atoms with Crippen LogP contribution in [0.2, 0.25) is 0 Å². The van der Waals surface area contributed by atoms with Crippen molar-refractivity contribution in [2.45, 2.75) is 32.4 Å². The number of aromatic nitrogens is 4. The molecule has 2 rings (SSSR count). The number of aryl methyl sites for hydroxylation is 3. The van der Waals surface area contributed by atoms with E-state index in [4.69, 9.17) is 5.73 Å². The summed E-state index contributed by atoms with van der Waals surface area (Å²) >= 11 is 0. The van der Waals surface area contributed by atoms with Gasteiger partial charge in [0, 0.05) is 51.1 Å². The summed E-state index contributed by atoms with van der Waals surface area (Å²) in [7, 11) is 2.01. The molecule has 0 aromatic carbocycles. The molecule has 0 spiro atoms. The van der Waals surface area contributed by atoms with Gasteiger partial charge in [-0.3, -0.25) is 0 Å². The normalized spacial score (nSPS) is 12.9. The number of nitrogens with two attached hydrogens (primary N) is 1. The lowest BCUT2D eigenvalue weighted by Gasteiger charge is -2.03. The third-order valence-electron chi connectivity index (χ3n) is 2.73. The van der Waals surface area contributed by atoms with Crippen molar-refractivity contribution in [3.63, 3.8) is 0 Å². The van der Waals surface area contributed by atoms with Crippen LogP contribution in [0, 0.1) is 0 Å². The number of rotatable bonds is 5. The first-order valence-corrected chi connectivity index (χ1v) is 5.87. The van der Waals surface area contributed by atoms with Crippen molar-refractivity contribution in [2.75, 3.05) is 0 Å². The Morgan fingerprint density at radius 1 is 1.41 bits per heavy atom. The topological polar surface area (TPSA) is 61.7 Å². The van der Waals surface area contributed by atoms with Crippen LogP contribution in [0.1, 0.15) is 18.4 Å². The first kappa shape index (κ1) is 11.9. The van der Waals surface area contributed by atoms with Gasteiger partial charge in [-0.15, -0.1) is 0 Å². The van der Waals surface area contributed by atoms with E-state index in [1.54, 1.807) is 0 Å². The highest BCUT2D eigenvalue weighted by Gasteiger charge is 2.03. The Morgan fingerprint density at radius 2 is 2.24 bits per heavy atom. The van der Waals surface area contributed by atoms with Gasteiger partial charge < -0.3 is 14.9 Å². The summed E-state index contributed by atoms with van der Waals surface area (Å²) in [6.45, 7) is 2.89. The van der Waals surface area contributed by atoms with Gasteiger partial charge in [-0.1, -0.05) is 0 Å².